The lowest BCUT2D eigenvalue weighted by molar-refractivity contribution is -0.137. The Hall–Kier alpha value is -4.56. The highest BCUT2D eigenvalue weighted by atomic mass is 35.5. The van der Waals surface area contributed by atoms with E-state index >= 15 is 0 Å². The van der Waals surface area contributed by atoms with Crippen LogP contribution in [-0.4, -0.2) is 76.3 Å². The SMILES string of the molecule is CC(=O)N(NCc1cccc(F)c1Cl)[C@@H](CCC(=O)NC1CCN(C(=O)OC(C)(C)C)C1)COC(=O)Nc1cc2cc(F)ccc2cn1. The number of halogens is 3. The average Bonchev–Trinajstić information content (AvgIpc) is 3.47. The number of nitrogens with zero attached hydrogens (tertiary/aromatic N) is 3. The fraction of sp³-hybridized carbons (Fsp3) is 0.424. The van der Waals surface area contributed by atoms with E-state index in [4.69, 9.17) is 21.1 Å². The third-order valence-corrected chi connectivity index (χ3v) is 7.83. The number of ether oxygens (including phenoxy) is 2. The lowest BCUT2D eigenvalue weighted by Crippen LogP contribution is -2.51. The van der Waals surface area contributed by atoms with E-state index in [1.165, 1.54) is 53.4 Å². The summed E-state index contributed by atoms with van der Waals surface area (Å²) < 4.78 is 38.6. The Morgan fingerprint density at radius 3 is 2.62 bits per heavy atom. The second kappa shape index (κ2) is 16.0. The first kappa shape index (κ1) is 36.3. The predicted molar refractivity (Wildman–Crippen MR) is 175 cm³/mol. The highest BCUT2D eigenvalue weighted by molar-refractivity contribution is 6.31. The lowest BCUT2D eigenvalue weighted by atomic mass is 10.1. The third-order valence-electron chi connectivity index (χ3n) is 7.41. The topological polar surface area (TPSA) is 142 Å². The van der Waals surface area contributed by atoms with Crippen LogP contribution in [0.3, 0.4) is 0 Å². The van der Waals surface area contributed by atoms with Crippen molar-refractivity contribution in [1.29, 1.82) is 0 Å². The highest BCUT2D eigenvalue weighted by Gasteiger charge is 2.31. The number of anilines is 1. The monoisotopic (exact) mass is 688 g/mol. The van der Waals surface area contributed by atoms with Crippen molar-refractivity contribution in [3.63, 3.8) is 0 Å². The first-order valence-electron chi connectivity index (χ1n) is 15.4. The zero-order chi connectivity index (χ0) is 35.0. The minimum absolute atomic E-state index is 0.0365. The smallest absolute Gasteiger partial charge is 0.412 e. The third kappa shape index (κ3) is 10.5. The van der Waals surface area contributed by atoms with E-state index in [0.29, 0.717) is 35.8 Å². The molecule has 1 unspecified atom stereocenters. The van der Waals surface area contributed by atoms with E-state index in [2.05, 4.69) is 21.0 Å². The second-order valence-electron chi connectivity index (χ2n) is 12.4. The summed E-state index contributed by atoms with van der Waals surface area (Å²) >= 11 is 6.10. The van der Waals surface area contributed by atoms with Gasteiger partial charge in [-0.15, -0.1) is 0 Å². The van der Waals surface area contributed by atoms with Crippen LogP contribution in [0.25, 0.3) is 10.8 Å². The van der Waals surface area contributed by atoms with Crippen LogP contribution in [0.2, 0.25) is 5.02 Å². The summed E-state index contributed by atoms with van der Waals surface area (Å²) in [6.45, 7) is 6.96. The first-order chi connectivity index (χ1) is 22.7. The van der Waals surface area contributed by atoms with Crippen molar-refractivity contribution in [3.8, 4) is 0 Å². The fourth-order valence-corrected chi connectivity index (χ4v) is 5.29. The van der Waals surface area contributed by atoms with Gasteiger partial charge in [0.15, 0.2) is 0 Å². The van der Waals surface area contributed by atoms with Crippen molar-refractivity contribution >= 4 is 52.2 Å². The van der Waals surface area contributed by atoms with Gasteiger partial charge in [-0.2, -0.15) is 0 Å². The van der Waals surface area contributed by atoms with Gasteiger partial charge in [0.25, 0.3) is 0 Å². The maximum Gasteiger partial charge on any atom is 0.412 e. The van der Waals surface area contributed by atoms with Crippen LogP contribution in [0.4, 0.5) is 24.2 Å². The maximum atomic E-state index is 14.0. The van der Waals surface area contributed by atoms with Gasteiger partial charge in [0.2, 0.25) is 11.8 Å². The number of carbonyl (C=O) groups excluding carboxylic acids is 4. The maximum absolute atomic E-state index is 14.0. The number of hydrogen-bond donors (Lipinski definition) is 3. The Morgan fingerprint density at radius 1 is 1.12 bits per heavy atom. The highest BCUT2D eigenvalue weighted by Crippen LogP contribution is 2.21. The zero-order valence-corrected chi connectivity index (χ0v) is 27.9. The molecule has 4 rings (SSSR count). The van der Waals surface area contributed by atoms with Gasteiger partial charge in [-0.25, -0.2) is 28.8 Å². The molecule has 48 heavy (non-hydrogen) atoms. The summed E-state index contributed by atoms with van der Waals surface area (Å²) in [5.41, 5.74) is 2.66. The number of carbonyl (C=O) groups is 4. The molecule has 1 saturated heterocycles. The quantitative estimate of drug-likeness (QED) is 0.223. The number of aromatic nitrogens is 1. The molecule has 3 N–H and O–H groups in total. The van der Waals surface area contributed by atoms with Gasteiger partial charge in [0.05, 0.1) is 11.1 Å². The molecule has 0 aliphatic carbocycles. The number of fused-ring (bicyclic) bond motifs is 1. The lowest BCUT2D eigenvalue weighted by Gasteiger charge is -2.31. The Balaban J connectivity index is 1.40. The molecule has 12 nitrogen and oxygen atoms in total. The van der Waals surface area contributed by atoms with E-state index in [-0.39, 0.29) is 48.8 Å². The molecule has 0 saturated carbocycles. The number of amides is 4. The number of rotatable bonds is 11. The molecule has 1 aromatic heterocycles. The van der Waals surface area contributed by atoms with Crippen molar-refractivity contribution in [1.82, 2.24) is 25.6 Å². The Labute approximate surface area is 282 Å². The standard InChI is InChI=1S/C33H39ClF2N6O6/c1-20(43)42(38-17-22-6-5-7-27(36)30(22)34)26(10-11-29(44)39-25-12-13-41(18-25)32(46)48-33(2,3)4)19-47-31(45)40-28-15-23-14-24(35)9-8-21(23)16-37-28/h5-9,14-16,25-26,38H,10-13,17-19H2,1-4H3,(H,39,44)(H,37,40,45)/t25?,26-/m0/s1. The van der Waals surface area contributed by atoms with E-state index < -0.39 is 41.4 Å². The molecule has 1 aliphatic rings. The summed E-state index contributed by atoms with van der Waals surface area (Å²) in [7, 11) is 0. The summed E-state index contributed by atoms with van der Waals surface area (Å²) in [6.07, 6.45) is 0.686. The minimum Gasteiger partial charge on any atom is -0.447 e. The minimum atomic E-state index is -0.891. The van der Waals surface area contributed by atoms with Gasteiger partial charge in [-0.05, 0) is 74.9 Å². The molecular weight excluding hydrogens is 650 g/mol. The Morgan fingerprint density at radius 2 is 1.90 bits per heavy atom. The van der Waals surface area contributed by atoms with Crippen LogP contribution in [0, 0.1) is 11.6 Å². The molecule has 2 aromatic carbocycles. The van der Waals surface area contributed by atoms with Gasteiger partial charge < -0.3 is 19.7 Å². The molecule has 1 aliphatic heterocycles. The van der Waals surface area contributed by atoms with E-state index in [1.54, 1.807) is 32.9 Å². The number of hydrogen-bond acceptors (Lipinski definition) is 8. The molecule has 2 heterocycles. The molecule has 258 valence electrons. The van der Waals surface area contributed by atoms with Crippen molar-refractivity contribution in [2.24, 2.45) is 0 Å². The van der Waals surface area contributed by atoms with Crippen molar-refractivity contribution in [2.45, 2.75) is 71.2 Å². The number of pyridine rings is 1. The number of likely N-dealkylation sites (tertiary alicyclic amines) is 1. The Bertz CT molecular complexity index is 1650. The number of hydrazine groups is 1. The molecule has 3 aromatic rings. The van der Waals surface area contributed by atoms with Gasteiger partial charge >= 0.3 is 12.2 Å². The average molecular weight is 689 g/mol. The second-order valence-corrected chi connectivity index (χ2v) is 12.8. The van der Waals surface area contributed by atoms with Crippen LogP contribution >= 0.6 is 11.6 Å². The van der Waals surface area contributed by atoms with Crippen LogP contribution in [-0.2, 0) is 25.6 Å². The Kier molecular flexibility index (Phi) is 12.1. The first-order valence-corrected chi connectivity index (χ1v) is 15.8. The van der Waals surface area contributed by atoms with Gasteiger partial charge in [0.1, 0.15) is 29.7 Å². The van der Waals surface area contributed by atoms with E-state index in [1.807, 2.05) is 0 Å². The largest absolute Gasteiger partial charge is 0.447 e. The number of nitrogens with one attached hydrogen (secondary N) is 3. The number of benzene rings is 2. The summed E-state index contributed by atoms with van der Waals surface area (Å²) in [6, 6.07) is 8.80. The molecule has 0 radical (unpaired) electrons. The molecule has 0 bridgehead atoms. The van der Waals surface area contributed by atoms with Crippen LogP contribution in [0.1, 0.15) is 52.5 Å². The van der Waals surface area contributed by atoms with Gasteiger partial charge in [0, 0.05) is 50.6 Å². The van der Waals surface area contributed by atoms with Gasteiger partial charge in [-0.1, -0.05) is 23.7 Å². The van der Waals surface area contributed by atoms with Crippen molar-refractivity contribution in [2.75, 3.05) is 25.0 Å². The van der Waals surface area contributed by atoms with E-state index in [9.17, 15) is 28.0 Å². The molecule has 1 fully saturated rings. The molecule has 0 spiro atoms. The normalized spacial score (nSPS) is 15.1. The summed E-state index contributed by atoms with van der Waals surface area (Å²) in [4.78, 5) is 56.6. The predicted octanol–water partition coefficient (Wildman–Crippen LogP) is 5.54. The molecular formula is C33H39ClF2N6O6. The summed E-state index contributed by atoms with van der Waals surface area (Å²) in [5.74, 6) is -1.74. The molecule has 4 amide bonds. The van der Waals surface area contributed by atoms with Gasteiger partial charge in [-0.3, -0.25) is 19.9 Å². The molecule has 2 atom stereocenters. The van der Waals surface area contributed by atoms with Crippen LogP contribution in [0.15, 0.2) is 48.7 Å². The van der Waals surface area contributed by atoms with E-state index in [0.717, 1.165) is 0 Å². The summed E-state index contributed by atoms with van der Waals surface area (Å²) in [5, 5.41) is 7.69. The zero-order valence-electron chi connectivity index (χ0n) is 27.1. The van der Waals surface area contributed by atoms with Crippen LogP contribution < -0.4 is 16.1 Å². The van der Waals surface area contributed by atoms with Crippen molar-refractivity contribution < 1.29 is 37.4 Å². The molecule has 15 heteroatoms. The van der Waals surface area contributed by atoms with Crippen LogP contribution in [0.5, 0.6) is 0 Å². The van der Waals surface area contributed by atoms with Crippen molar-refractivity contribution in [3.05, 3.63) is 70.9 Å². The fourth-order valence-electron chi connectivity index (χ4n) is 5.10.